The Kier molecular flexibility index (Phi) is 5.33. The molecule has 1 heterocycles. The lowest BCUT2D eigenvalue weighted by Crippen LogP contribution is -2.24. The summed E-state index contributed by atoms with van der Waals surface area (Å²) in [6.45, 7) is 13.1. The maximum absolute atomic E-state index is 5.98. The number of hydrogen-bond acceptors (Lipinski definition) is 4. The first-order valence-corrected chi connectivity index (χ1v) is 7.42. The third-order valence-electron chi connectivity index (χ3n) is 2.82. The van der Waals surface area contributed by atoms with Crippen molar-refractivity contribution in [3.63, 3.8) is 0 Å². The molecule has 0 amide bonds. The highest BCUT2D eigenvalue weighted by Gasteiger charge is 2.30. The van der Waals surface area contributed by atoms with Crippen molar-refractivity contribution >= 4 is 21.7 Å². The minimum absolute atomic E-state index is 0.0788. The second-order valence-corrected chi connectivity index (χ2v) is 6.82. The summed E-state index contributed by atoms with van der Waals surface area (Å²) < 4.78 is 6.61. The number of nitrogen functional groups attached to an aromatic ring is 1. The molecule has 0 aliphatic carbocycles. The van der Waals surface area contributed by atoms with Gasteiger partial charge in [0, 0.05) is 6.61 Å². The molecule has 108 valence electrons. The monoisotopic (exact) mass is 329 g/mol. The van der Waals surface area contributed by atoms with Gasteiger partial charge >= 0.3 is 0 Å². The predicted octanol–water partition coefficient (Wildman–Crippen LogP) is 4.07. The van der Waals surface area contributed by atoms with E-state index in [-0.39, 0.29) is 17.4 Å². The first-order valence-electron chi connectivity index (χ1n) is 6.62. The van der Waals surface area contributed by atoms with Gasteiger partial charge in [-0.2, -0.15) is 0 Å². The summed E-state index contributed by atoms with van der Waals surface area (Å²) in [4.78, 5) is 9.05. The van der Waals surface area contributed by atoms with Crippen LogP contribution in [-0.2, 0) is 4.74 Å². The lowest BCUT2D eigenvalue weighted by molar-refractivity contribution is -0.0192. The van der Waals surface area contributed by atoms with Crippen LogP contribution in [0.25, 0.3) is 0 Å². The molecular weight excluding hydrogens is 306 g/mol. The smallest absolute Gasteiger partial charge is 0.160 e. The summed E-state index contributed by atoms with van der Waals surface area (Å²) in [6, 6.07) is 0. The first kappa shape index (κ1) is 16.4. The minimum atomic E-state index is -0.162. The lowest BCUT2D eigenvalue weighted by Gasteiger charge is -2.29. The zero-order valence-corrected chi connectivity index (χ0v) is 14.2. The molecule has 0 aromatic carbocycles. The largest absolute Gasteiger partial charge is 0.383 e. The van der Waals surface area contributed by atoms with Crippen LogP contribution in [0.3, 0.4) is 0 Å². The van der Waals surface area contributed by atoms with E-state index in [0.717, 1.165) is 10.2 Å². The zero-order chi connectivity index (χ0) is 14.8. The third kappa shape index (κ3) is 3.89. The Morgan fingerprint density at radius 2 is 1.84 bits per heavy atom. The highest BCUT2D eigenvalue weighted by molar-refractivity contribution is 9.10. The van der Waals surface area contributed by atoms with Gasteiger partial charge in [0.2, 0.25) is 0 Å². The van der Waals surface area contributed by atoms with Gasteiger partial charge in [0.1, 0.15) is 11.9 Å². The van der Waals surface area contributed by atoms with E-state index in [2.05, 4.69) is 60.5 Å². The van der Waals surface area contributed by atoms with Gasteiger partial charge < -0.3 is 10.5 Å². The number of rotatable bonds is 4. The number of aromatic nitrogens is 2. The standard InChI is InChI=1S/C14H24BrN3O/c1-7-19-11(14(4,5)6)13-17-10(8(2)3)9(15)12(16)18-13/h8,11H,7H2,1-6H3,(H2,16,17,18). The quantitative estimate of drug-likeness (QED) is 0.904. The second kappa shape index (κ2) is 6.18. The van der Waals surface area contributed by atoms with Crippen LogP contribution in [0.2, 0.25) is 0 Å². The Balaban J connectivity index is 3.32. The maximum Gasteiger partial charge on any atom is 0.160 e. The first-order chi connectivity index (χ1) is 8.68. The third-order valence-corrected chi connectivity index (χ3v) is 3.63. The van der Waals surface area contributed by atoms with Crippen LogP contribution in [0.5, 0.6) is 0 Å². The highest BCUT2D eigenvalue weighted by atomic mass is 79.9. The molecule has 1 rings (SSSR count). The number of nitrogens with zero attached hydrogens (tertiary/aromatic N) is 2. The fourth-order valence-corrected chi connectivity index (χ4v) is 2.51. The van der Waals surface area contributed by atoms with Gasteiger partial charge in [0.25, 0.3) is 0 Å². The van der Waals surface area contributed by atoms with E-state index in [1.54, 1.807) is 0 Å². The molecule has 1 unspecified atom stereocenters. The van der Waals surface area contributed by atoms with Crippen LogP contribution < -0.4 is 5.73 Å². The van der Waals surface area contributed by atoms with Crippen LogP contribution in [-0.4, -0.2) is 16.6 Å². The SMILES string of the molecule is CCOC(c1nc(N)c(Br)c(C(C)C)n1)C(C)(C)C. The predicted molar refractivity (Wildman–Crippen MR) is 82.1 cm³/mol. The molecule has 2 N–H and O–H groups in total. The maximum atomic E-state index is 5.98. The van der Waals surface area contributed by atoms with Crippen molar-refractivity contribution in [2.45, 2.75) is 53.6 Å². The van der Waals surface area contributed by atoms with Crippen molar-refractivity contribution in [3.05, 3.63) is 16.0 Å². The van der Waals surface area contributed by atoms with Gasteiger partial charge in [-0.1, -0.05) is 34.6 Å². The summed E-state index contributed by atoms with van der Waals surface area (Å²) >= 11 is 3.46. The lowest BCUT2D eigenvalue weighted by atomic mass is 9.88. The van der Waals surface area contributed by atoms with Crippen LogP contribution in [0.4, 0.5) is 5.82 Å². The Labute approximate surface area is 124 Å². The van der Waals surface area contributed by atoms with E-state index in [4.69, 9.17) is 10.5 Å². The molecule has 5 heteroatoms. The molecule has 0 bridgehead atoms. The van der Waals surface area contributed by atoms with Crippen molar-refractivity contribution in [2.24, 2.45) is 5.41 Å². The fourth-order valence-electron chi connectivity index (χ4n) is 1.88. The summed E-state index contributed by atoms with van der Waals surface area (Å²) in [5.41, 5.74) is 6.83. The van der Waals surface area contributed by atoms with E-state index in [9.17, 15) is 0 Å². The molecule has 0 radical (unpaired) electrons. The second-order valence-electron chi connectivity index (χ2n) is 6.02. The van der Waals surface area contributed by atoms with Gasteiger partial charge in [-0.15, -0.1) is 0 Å². The average molecular weight is 330 g/mol. The van der Waals surface area contributed by atoms with E-state index in [1.807, 2.05) is 6.92 Å². The molecule has 1 aromatic rings. The molecule has 0 aliphatic heterocycles. The Morgan fingerprint density at radius 1 is 1.26 bits per heavy atom. The zero-order valence-electron chi connectivity index (χ0n) is 12.6. The van der Waals surface area contributed by atoms with Crippen LogP contribution in [0, 0.1) is 5.41 Å². The molecule has 0 saturated carbocycles. The molecule has 0 saturated heterocycles. The van der Waals surface area contributed by atoms with Crippen molar-refractivity contribution < 1.29 is 4.74 Å². The molecule has 0 spiro atoms. The molecule has 0 aliphatic rings. The molecule has 1 atom stereocenters. The summed E-state index contributed by atoms with van der Waals surface area (Å²) in [7, 11) is 0. The van der Waals surface area contributed by atoms with Gasteiger partial charge in [0.05, 0.1) is 10.2 Å². The highest BCUT2D eigenvalue weighted by Crippen LogP contribution is 2.36. The average Bonchev–Trinajstić information content (AvgIpc) is 2.27. The van der Waals surface area contributed by atoms with E-state index < -0.39 is 0 Å². The minimum Gasteiger partial charge on any atom is -0.383 e. The van der Waals surface area contributed by atoms with Gasteiger partial charge in [0.15, 0.2) is 5.82 Å². The fraction of sp³-hybridized carbons (Fsp3) is 0.714. The summed E-state index contributed by atoms with van der Waals surface area (Å²) in [5.74, 6) is 1.42. The summed E-state index contributed by atoms with van der Waals surface area (Å²) in [5, 5.41) is 0. The normalized spacial score (nSPS) is 13.9. The van der Waals surface area contributed by atoms with Crippen molar-refractivity contribution in [1.82, 2.24) is 9.97 Å². The molecule has 19 heavy (non-hydrogen) atoms. The van der Waals surface area contributed by atoms with Crippen molar-refractivity contribution in [2.75, 3.05) is 12.3 Å². The van der Waals surface area contributed by atoms with Crippen LogP contribution in [0.15, 0.2) is 4.47 Å². The van der Waals surface area contributed by atoms with E-state index >= 15 is 0 Å². The van der Waals surface area contributed by atoms with Crippen molar-refractivity contribution in [1.29, 1.82) is 0 Å². The number of hydrogen-bond donors (Lipinski definition) is 1. The Hall–Kier alpha value is -0.680. The number of ether oxygens (including phenoxy) is 1. The van der Waals surface area contributed by atoms with Crippen molar-refractivity contribution in [3.8, 4) is 0 Å². The van der Waals surface area contributed by atoms with Crippen LogP contribution >= 0.6 is 15.9 Å². The Bertz CT molecular complexity index is 441. The van der Waals surface area contributed by atoms with Gasteiger partial charge in [-0.05, 0) is 34.2 Å². The summed E-state index contributed by atoms with van der Waals surface area (Å²) in [6.07, 6.45) is -0.162. The molecule has 0 fully saturated rings. The topological polar surface area (TPSA) is 61.0 Å². The van der Waals surface area contributed by atoms with Gasteiger partial charge in [-0.25, -0.2) is 9.97 Å². The van der Waals surface area contributed by atoms with E-state index in [0.29, 0.717) is 18.2 Å². The van der Waals surface area contributed by atoms with Crippen LogP contribution in [0.1, 0.15) is 65.1 Å². The number of anilines is 1. The number of halogens is 1. The molecule has 1 aromatic heterocycles. The van der Waals surface area contributed by atoms with Gasteiger partial charge in [-0.3, -0.25) is 0 Å². The Morgan fingerprint density at radius 3 is 2.26 bits per heavy atom. The molecule has 4 nitrogen and oxygen atoms in total. The van der Waals surface area contributed by atoms with E-state index in [1.165, 1.54) is 0 Å². The molecular formula is C14H24BrN3O. The number of nitrogens with two attached hydrogens (primary N) is 1.